The number of nitrogens with zero attached hydrogens (tertiary/aromatic N) is 3. The number of nitrogens with one attached hydrogen (secondary N) is 1. The van der Waals surface area contributed by atoms with E-state index in [4.69, 9.17) is 19.9 Å². The number of carbonyl (C=O) groups excluding carboxylic acids is 3. The highest BCUT2D eigenvalue weighted by molar-refractivity contribution is 7.84. The van der Waals surface area contributed by atoms with Crippen molar-refractivity contribution in [2.24, 2.45) is 5.16 Å². The number of amides is 2. The van der Waals surface area contributed by atoms with Gasteiger partial charge in [0.1, 0.15) is 17.3 Å². The third-order valence-electron chi connectivity index (χ3n) is 3.71. The third-order valence-corrected chi connectivity index (χ3v) is 5.27. The fourth-order valence-electron chi connectivity index (χ4n) is 2.14. The standard InChI is InChI=1S/C16H23N5O8S2/c1-15(2,3)28-13(24)16(4,5)29-20-10(9-7-30-14(17)19-9)11(22)18-8-6-21(12(8)23)31(25,26)27/h7-8H,6H2,1-5H3,(H2,17,19)(H,18,22)(H,25,26,27)/b20-10-/t8-/m0/s1. The number of carbonyl (C=O) groups is 3. The van der Waals surface area contributed by atoms with Crippen molar-refractivity contribution in [1.82, 2.24) is 14.6 Å². The van der Waals surface area contributed by atoms with Gasteiger partial charge in [0.25, 0.3) is 11.8 Å². The summed E-state index contributed by atoms with van der Waals surface area (Å²) in [6.45, 7) is 7.33. The first kappa shape index (κ1) is 24.5. The summed E-state index contributed by atoms with van der Waals surface area (Å²) in [6.07, 6.45) is 0. The molecule has 15 heteroatoms. The highest BCUT2D eigenvalue weighted by Crippen LogP contribution is 2.20. The van der Waals surface area contributed by atoms with Crippen molar-refractivity contribution in [3.63, 3.8) is 0 Å². The first-order valence-corrected chi connectivity index (χ1v) is 11.1. The van der Waals surface area contributed by atoms with E-state index in [1.165, 1.54) is 19.2 Å². The summed E-state index contributed by atoms with van der Waals surface area (Å²) in [7, 11) is -4.71. The second-order valence-electron chi connectivity index (χ2n) is 7.99. The number of thiazole rings is 1. The van der Waals surface area contributed by atoms with Crippen molar-refractivity contribution < 1.29 is 36.9 Å². The molecule has 0 saturated carbocycles. The van der Waals surface area contributed by atoms with Crippen LogP contribution in [0, 0.1) is 0 Å². The largest absolute Gasteiger partial charge is 0.457 e. The average molecular weight is 478 g/mol. The lowest BCUT2D eigenvalue weighted by molar-refractivity contribution is -0.179. The van der Waals surface area contributed by atoms with Crippen LogP contribution in [0.2, 0.25) is 0 Å². The molecule has 2 rings (SSSR count). The van der Waals surface area contributed by atoms with Gasteiger partial charge in [-0.1, -0.05) is 5.16 Å². The van der Waals surface area contributed by atoms with Crippen LogP contribution < -0.4 is 11.1 Å². The van der Waals surface area contributed by atoms with Gasteiger partial charge < -0.3 is 20.6 Å². The Kier molecular flexibility index (Phi) is 6.63. The van der Waals surface area contributed by atoms with E-state index in [9.17, 15) is 22.8 Å². The molecule has 1 aliphatic heterocycles. The van der Waals surface area contributed by atoms with Gasteiger partial charge in [0.2, 0.25) is 5.60 Å². The average Bonchev–Trinajstić information content (AvgIpc) is 3.01. The minimum absolute atomic E-state index is 0.0124. The summed E-state index contributed by atoms with van der Waals surface area (Å²) in [5, 5.41) is 7.54. The van der Waals surface area contributed by atoms with E-state index in [0.29, 0.717) is 0 Å². The van der Waals surface area contributed by atoms with E-state index in [1.54, 1.807) is 20.8 Å². The number of oxime groups is 1. The van der Waals surface area contributed by atoms with E-state index in [1.807, 2.05) is 0 Å². The molecule has 13 nitrogen and oxygen atoms in total. The molecular formula is C16H23N5O8S2. The molecule has 0 unspecified atom stereocenters. The van der Waals surface area contributed by atoms with Crippen LogP contribution in [0.15, 0.2) is 10.5 Å². The molecule has 1 aromatic rings. The number of hydrogen-bond donors (Lipinski definition) is 3. The molecule has 31 heavy (non-hydrogen) atoms. The smallest absolute Gasteiger partial charge is 0.362 e. The van der Waals surface area contributed by atoms with Gasteiger partial charge in [0.15, 0.2) is 10.8 Å². The topological polar surface area (TPSA) is 191 Å². The number of aromatic nitrogens is 1. The number of rotatable bonds is 7. The number of anilines is 1. The molecule has 1 fully saturated rings. The van der Waals surface area contributed by atoms with Crippen molar-refractivity contribution >= 4 is 50.3 Å². The van der Waals surface area contributed by atoms with E-state index in [0.717, 1.165) is 11.3 Å². The Morgan fingerprint density at radius 2 is 1.97 bits per heavy atom. The molecule has 2 amide bonds. The van der Waals surface area contributed by atoms with Crippen LogP contribution in [-0.2, 0) is 34.3 Å². The molecule has 1 aliphatic rings. The molecule has 172 valence electrons. The molecular weight excluding hydrogens is 454 g/mol. The van der Waals surface area contributed by atoms with Gasteiger partial charge in [-0.25, -0.2) is 14.1 Å². The van der Waals surface area contributed by atoms with Crippen molar-refractivity contribution in [3.8, 4) is 0 Å². The molecule has 0 radical (unpaired) electrons. The Morgan fingerprint density at radius 3 is 2.42 bits per heavy atom. The highest BCUT2D eigenvalue weighted by Gasteiger charge is 2.45. The molecule has 0 spiro atoms. The minimum Gasteiger partial charge on any atom is -0.457 e. The normalized spacial score (nSPS) is 17.7. The highest BCUT2D eigenvalue weighted by atomic mass is 32.2. The maximum atomic E-state index is 12.7. The molecule has 0 aliphatic carbocycles. The minimum atomic E-state index is -4.71. The van der Waals surface area contributed by atoms with Crippen LogP contribution in [0.4, 0.5) is 5.13 Å². The van der Waals surface area contributed by atoms with E-state index < -0.39 is 57.6 Å². The quantitative estimate of drug-likeness (QED) is 0.154. The summed E-state index contributed by atoms with van der Waals surface area (Å²) in [4.78, 5) is 46.1. The summed E-state index contributed by atoms with van der Waals surface area (Å²) in [5.74, 6) is -2.69. The predicted molar refractivity (Wildman–Crippen MR) is 109 cm³/mol. The molecule has 1 saturated heterocycles. The zero-order valence-electron chi connectivity index (χ0n) is 17.4. The first-order valence-electron chi connectivity index (χ1n) is 8.82. The van der Waals surface area contributed by atoms with E-state index in [2.05, 4.69) is 15.5 Å². The summed E-state index contributed by atoms with van der Waals surface area (Å²) < 4.78 is 36.4. The predicted octanol–water partition coefficient (Wildman–Crippen LogP) is -0.304. The van der Waals surface area contributed by atoms with Crippen LogP contribution in [-0.4, -0.2) is 69.5 Å². The van der Waals surface area contributed by atoms with Crippen LogP contribution in [0.5, 0.6) is 0 Å². The zero-order valence-corrected chi connectivity index (χ0v) is 19.0. The summed E-state index contributed by atoms with van der Waals surface area (Å²) in [6, 6.07) is -1.21. The van der Waals surface area contributed by atoms with Gasteiger partial charge in [-0.3, -0.25) is 14.1 Å². The lowest BCUT2D eigenvalue weighted by Gasteiger charge is -2.35. The molecule has 0 aromatic carbocycles. The lowest BCUT2D eigenvalue weighted by Crippen LogP contribution is -2.65. The molecule has 1 atom stereocenters. The number of β-lactam (4-membered cyclic amide) rings is 1. The SMILES string of the molecule is CC(C)(C)OC(=O)C(C)(C)O/N=C(\C(=O)N[C@H]1CN(S(=O)(=O)O)C1=O)c1csc(N)n1. The van der Waals surface area contributed by atoms with E-state index >= 15 is 0 Å². The third kappa shape index (κ3) is 6.11. The molecule has 4 N–H and O–H groups in total. The summed E-state index contributed by atoms with van der Waals surface area (Å²) >= 11 is 1.01. The second-order valence-corrected chi connectivity index (χ2v) is 10.2. The Labute approximate surface area is 182 Å². The van der Waals surface area contributed by atoms with Crippen LogP contribution in [0.25, 0.3) is 0 Å². The number of esters is 1. The van der Waals surface area contributed by atoms with Crippen LogP contribution >= 0.6 is 11.3 Å². The lowest BCUT2D eigenvalue weighted by atomic mass is 10.1. The molecule has 0 bridgehead atoms. The van der Waals surface area contributed by atoms with Crippen molar-refractivity contribution in [2.45, 2.75) is 51.9 Å². The van der Waals surface area contributed by atoms with Gasteiger partial charge in [-0.2, -0.15) is 8.42 Å². The Bertz CT molecular complexity index is 1030. The van der Waals surface area contributed by atoms with Crippen LogP contribution in [0.3, 0.4) is 0 Å². The molecule has 2 heterocycles. The fraction of sp³-hybridized carbons (Fsp3) is 0.562. The maximum absolute atomic E-state index is 12.7. The number of nitrogen functional groups attached to an aromatic ring is 1. The van der Waals surface area contributed by atoms with Gasteiger partial charge in [-0.15, -0.1) is 11.3 Å². The Morgan fingerprint density at radius 1 is 1.35 bits per heavy atom. The Hall–Kier alpha value is -2.78. The second kappa shape index (κ2) is 8.39. The molecule has 1 aromatic heterocycles. The number of ether oxygens (including phenoxy) is 1. The number of nitrogens with two attached hydrogens (primary N) is 1. The maximum Gasteiger partial charge on any atom is 0.362 e. The van der Waals surface area contributed by atoms with Crippen molar-refractivity contribution in [2.75, 3.05) is 12.3 Å². The van der Waals surface area contributed by atoms with Gasteiger partial charge in [0, 0.05) is 5.38 Å². The number of hydrogen-bond acceptors (Lipinski definition) is 11. The first-order chi connectivity index (χ1) is 14.0. The van der Waals surface area contributed by atoms with Crippen LogP contribution in [0.1, 0.15) is 40.3 Å². The van der Waals surface area contributed by atoms with Gasteiger partial charge >= 0.3 is 16.3 Å². The van der Waals surface area contributed by atoms with Crippen molar-refractivity contribution in [3.05, 3.63) is 11.1 Å². The van der Waals surface area contributed by atoms with Crippen molar-refractivity contribution in [1.29, 1.82) is 0 Å². The van der Waals surface area contributed by atoms with Gasteiger partial charge in [0.05, 0.1) is 6.54 Å². The zero-order chi connectivity index (χ0) is 23.8. The monoisotopic (exact) mass is 477 g/mol. The summed E-state index contributed by atoms with van der Waals surface area (Å²) in [5.41, 5.74) is 2.85. The van der Waals surface area contributed by atoms with Gasteiger partial charge in [-0.05, 0) is 34.6 Å². The fourth-order valence-corrected chi connectivity index (χ4v) is 3.38. The van der Waals surface area contributed by atoms with E-state index in [-0.39, 0.29) is 15.1 Å². The Balaban J connectivity index is 2.21.